The predicted molar refractivity (Wildman–Crippen MR) is 43.9 cm³/mol. The van der Waals surface area contributed by atoms with Crippen LogP contribution in [0, 0.1) is 17.1 Å². The summed E-state index contributed by atoms with van der Waals surface area (Å²) in [4.78, 5) is 12.8. The number of carbonyl (C=O) groups excluding carboxylic acids is 1. The van der Waals surface area contributed by atoms with Crippen molar-refractivity contribution in [2.45, 2.75) is 6.18 Å². The zero-order valence-corrected chi connectivity index (χ0v) is 7.47. The van der Waals surface area contributed by atoms with Gasteiger partial charge in [0.1, 0.15) is 11.4 Å². The molecule has 3 nitrogen and oxygen atoms in total. The van der Waals surface area contributed by atoms with Crippen LogP contribution in [0.2, 0.25) is 0 Å². The SMILES string of the molecule is N#Cc1cc(N=C=O)cc(F)c1C(F)(F)F. The molecule has 0 N–H and O–H groups in total. The fourth-order valence-corrected chi connectivity index (χ4v) is 1.09. The van der Waals surface area contributed by atoms with Crippen molar-refractivity contribution in [3.05, 3.63) is 29.1 Å². The smallest absolute Gasteiger partial charge is 0.211 e. The Bertz CT molecular complexity index is 509. The van der Waals surface area contributed by atoms with Crippen LogP contribution in [0.5, 0.6) is 0 Å². The van der Waals surface area contributed by atoms with Crippen molar-refractivity contribution in [1.29, 1.82) is 5.26 Å². The fourth-order valence-electron chi connectivity index (χ4n) is 1.09. The van der Waals surface area contributed by atoms with Crippen molar-refractivity contribution in [3.63, 3.8) is 0 Å². The van der Waals surface area contributed by atoms with Crippen molar-refractivity contribution in [3.8, 4) is 6.07 Å². The summed E-state index contributed by atoms with van der Waals surface area (Å²) in [5.41, 5.74) is -2.99. The maximum absolute atomic E-state index is 13.1. The first-order chi connectivity index (χ1) is 7.40. The van der Waals surface area contributed by atoms with Gasteiger partial charge in [0, 0.05) is 6.07 Å². The molecule has 0 aromatic heterocycles. The van der Waals surface area contributed by atoms with Gasteiger partial charge in [-0.2, -0.15) is 23.4 Å². The zero-order valence-electron chi connectivity index (χ0n) is 7.47. The Morgan fingerprint density at radius 1 is 1.31 bits per heavy atom. The fraction of sp³-hybridized carbons (Fsp3) is 0.111. The van der Waals surface area contributed by atoms with Crippen LogP contribution in [-0.4, -0.2) is 6.08 Å². The number of benzene rings is 1. The van der Waals surface area contributed by atoms with Crippen molar-refractivity contribution in [2.75, 3.05) is 0 Å². The monoisotopic (exact) mass is 230 g/mol. The zero-order chi connectivity index (χ0) is 12.3. The highest BCUT2D eigenvalue weighted by molar-refractivity contribution is 5.55. The Morgan fingerprint density at radius 2 is 1.94 bits per heavy atom. The van der Waals surface area contributed by atoms with Gasteiger partial charge in [0.2, 0.25) is 6.08 Å². The molecule has 0 saturated heterocycles. The summed E-state index contributed by atoms with van der Waals surface area (Å²) in [6.45, 7) is 0. The lowest BCUT2D eigenvalue weighted by Gasteiger charge is -2.09. The van der Waals surface area contributed by atoms with E-state index < -0.39 is 28.8 Å². The molecule has 0 atom stereocenters. The molecule has 1 aromatic carbocycles. The highest BCUT2D eigenvalue weighted by Crippen LogP contribution is 2.35. The maximum atomic E-state index is 13.1. The average molecular weight is 230 g/mol. The van der Waals surface area contributed by atoms with E-state index in [4.69, 9.17) is 5.26 Å². The van der Waals surface area contributed by atoms with Gasteiger partial charge in [0.25, 0.3) is 0 Å². The van der Waals surface area contributed by atoms with Crippen LogP contribution in [-0.2, 0) is 11.0 Å². The second-order valence-electron chi connectivity index (χ2n) is 2.66. The van der Waals surface area contributed by atoms with E-state index in [0.717, 1.165) is 6.08 Å². The third-order valence-corrected chi connectivity index (χ3v) is 1.65. The molecule has 0 unspecified atom stereocenters. The van der Waals surface area contributed by atoms with E-state index in [9.17, 15) is 22.4 Å². The number of hydrogen-bond acceptors (Lipinski definition) is 3. The van der Waals surface area contributed by atoms with E-state index in [0.29, 0.717) is 12.1 Å². The minimum atomic E-state index is -4.97. The average Bonchev–Trinajstić information content (AvgIpc) is 2.15. The molecule has 82 valence electrons. The number of alkyl halides is 3. The molecule has 0 spiro atoms. The van der Waals surface area contributed by atoms with Crippen molar-refractivity contribution >= 4 is 11.8 Å². The van der Waals surface area contributed by atoms with E-state index >= 15 is 0 Å². The third-order valence-electron chi connectivity index (χ3n) is 1.65. The molecule has 0 amide bonds. The summed E-state index contributed by atoms with van der Waals surface area (Å²) < 4.78 is 50.0. The summed E-state index contributed by atoms with van der Waals surface area (Å²) >= 11 is 0. The first kappa shape index (κ1) is 11.9. The quantitative estimate of drug-likeness (QED) is 0.423. The summed E-state index contributed by atoms with van der Waals surface area (Å²) in [6.07, 6.45) is -3.94. The molecule has 0 saturated carbocycles. The summed E-state index contributed by atoms with van der Waals surface area (Å²) in [6, 6.07) is 2.27. The molecule has 0 fully saturated rings. The normalized spacial score (nSPS) is 10.4. The summed E-state index contributed by atoms with van der Waals surface area (Å²) in [5, 5.41) is 8.44. The number of nitrogens with zero attached hydrogens (tertiary/aromatic N) is 2. The second-order valence-corrected chi connectivity index (χ2v) is 2.66. The van der Waals surface area contributed by atoms with Crippen LogP contribution in [0.1, 0.15) is 11.1 Å². The molecule has 0 bridgehead atoms. The maximum Gasteiger partial charge on any atom is 0.420 e. The molecule has 1 aromatic rings. The Kier molecular flexibility index (Phi) is 3.06. The Morgan fingerprint density at radius 3 is 2.38 bits per heavy atom. The summed E-state index contributed by atoms with van der Waals surface area (Å²) in [5.74, 6) is -1.65. The van der Waals surface area contributed by atoms with Crippen molar-refractivity contribution in [1.82, 2.24) is 0 Å². The molecule has 16 heavy (non-hydrogen) atoms. The first-order valence-corrected chi connectivity index (χ1v) is 3.79. The number of hydrogen-bond donors (Lipinski definition) is 0. The standard InChI is InChI=1S/C9H2F4N2O/c10-7-2-6(15-4-16)1-5(3-14)8(7)9(11,12)13/h1-2H. The van der Waals surface area contributed by atoms with Crippen LogP contribution in [0.3, 0.4) is 0 Å². The second kappa shape index (κ2) is 4.13. The highest BCUT2D eigenvalue weighted by atomic mass is 19.4. The Labute approximate surface area is 86.6 Å². The lowest BCUT2D eigenvalue weighted by molar-refractivity contribution is -0.140. The van der Waals surface area contributed by atoms with Gasteiger partial charge in [0.15, 0.2) is 0 Å². The van der Waals surface area contributed by atoms with Crippen LogP contribution >= 0.6 is 0 Å². The van der Waals surface area contributed by atoms with Gasteiger partial charge in [-0.25, -0.2) is 9.18 Å². The van der Waals surface area contributed by atoms with Gasteiger partial charge < -0.3 is 0 Å². The lowest BCUT2D eigenvalue weighted by Crippen LogP contribution is -2.10. The topological polar surface area (TPSA) is 53.2 Å². The van der Waals surface area contributed by atoms with Gasteiger partial charge in [-0.1, -0.05) is 0 Å². The third kappa shape index (κ3) is 2.24. The molecular formula is C9H2F4N2O. The molecule has 0 aliphatic heterocycles. The first-order valence-electron chi connectivity index (χ1n) is 3.79. The summed E-state index contributed by atoms with van der Waals surface area (Å²) in [7, 11) is 0. The molecule has 0 aliphatic carbocycles. The lowest BCUT2D eigenvalue weighted by atomic mass is 10.1. The molecular weight excluding hydrogens is 228 g/mol. The minimum Gasteiger partial charge on any atom is -0.211 e. The number of rotatable bonds is 1. The van der Waals surface area contributed by atoms with E-state index in [1.807, 2.05) is 0 Å². The molecule has 0 heterocycles. The van der Waals surface area contributed by atoms with Gasteiger partial charge in [-0.05, 0) is 6.07 Å². The van der Waals surface area contributed by atoms with Gasteiger partial charge in [0.05, 0.1) is 17.3 Å². The Hall–Kier alpha value is -2.19. The largest absolute Gasteiger partial charge is 0.420 e. The molecule has 0 aliphatic rings. The number of isocyanates is 1. The number of halogens is 4. The Balaban J connectivity index is 3.54. The van der Waals surface area contributed by atoms with E-state index in [1.54, 1.807) is 0 Å². The number of aliphatic imine (C=N–C) groups is 1. The van der Waals surface area contributed by atoms with Crippen LogP contribution in [0.25, 0.3) is 0 Å². The van der Waals surface area contributed by atoms with Crippen molar-refractivity contribution < 1.29 is 22.4 Å². The predicted octanol–water partition coefficient (Wildman–Crippen LogP) is 2.68. The van der Waals surface area contributed by atoms with Crippen LogP contribution < -0.4 is 0 Å². The molecule has 1 rings (SSSR count). The van der Waals surface area contributed by atoms with Crippen LogP contribution in [0.15, 0.2) is 17.1 Å². The highest BCUT2D eigenvalue weighted by Gasteiger charge is 2.37. The minimum absolute atomic E-state index is 0.392. The van der Waals surface area contributed by atoms with Crippen molar-refractivity contribution in [2.24, 2.45) is 4.99 Å². The molecule has 0 radical (unpaired) electrons. The molecule has 7 heteroatoms. The number of nitriles is 1. The van der Waals surface area contributed by atoms with E-state index in [1.165, 1.54) is 6.07 Å². The van der Waals surface area contributed by atoms with E-state index in [2.05, 4.69) is 4.99 Å². The van der Waals surface area contributed by atoms with Gasteiger partial charge in [-0.3, -0.25) is 0 Å². The van der Waals surface area contributed by atoms with Crippen LogP contribution in [0.4, 0.5) is 23.2 Å². The van der Waals surface area contributed by atoms with E-state index in [-0.39, 0.29) is 0 Å². The van der Waals surface area contributed by atoms with Gasteiger partial charge >= 0.3 is 6.18 Å². The van der Waals surface area contributed by atoms with Gasteiger partial charge in [-0.15, -0.1) is 0 Å².